The van der Waals surface area contributed by atoms with Crippen LogP contribution in [-0.4, -0.2) is 17.5 Å². The number of rotatable bonds is 2. The molecule has 0 atom stereocenters. The smallest absolute Gasteiger partial charge is 0.332 e. The standard InChI is InChI=1S/C4H9N3OS/c1-3(2-9)6-7-4(5)8/h9H,2H2,1H3,(H3,5,7,8)/b6-3+. The van der Waals surface area contributed by atoms with Gasteiger partial charge in [-0.05, 0) is 6.92 Å². The predicted octanol–water partition coefficient (Wildman–Crippen LogP) is -0.0396. The first-order chi connectivity index (χ1) is 4.16. The summed E-state index contributed by atoms with van der Waals surface area (Å²) in [4.78, 5) is 10.00. The van der Waals surface area contributed by atoms with Crippen molar-refractivity contribution in [2.75, 3.05) is 5.75 Å². The van der Waals surface area contributed by atoms with Gasteiger partial charge in [0.1, 0.15) is 0 Å². The molecule has 0 bridgehead atoms. The van der Waals surface area contributed by atoms with Crippen molar-refractivity contribution in [1.29, 1.82) is 0 Å². The molecule has 4 nitrogen and oxygen atoms in total. The van der Waals surface area contributed by atoms with E-state index >= 15 is 0 Å². The normalized spacial score (nSPS) is 11.1. The first kappa shape index (κ1) is 8.29. The van der Waals surface area contributed by atoms with Gasteiger partial charge >= 0.3 is 6.03 Å². The Morgan fingerprint density at radius 2 is 2.44 bits per heavy atom. The fourth-order valence-corrected chi connectivity index (χ4v) is 0.257. The maximum Gasteiger partial charge on any atom is 0.332 e. The predicted molar refractivity (Wildman–Crippen MR) is 39.7 cm³/mol. The summed E-state index contributed by atoms with van der Waals surface area (Å²) in [5.41, 5.74) is 7.51. The molecule has 0 spiro atoms. The number of primary amides is 1. The van der Waals surface area contributed by atoms with Crippen LogP contribution in [0.3, 0.4) is 0 Å². The monoisotopic (exact) mass is 147 g/mol. The summed E-state index contributed by atoms with van der Waals surface area (Å²) in [6, 6.07) is -0.656. The van der Waals surface area contributed by atoms with E-state index in [0.29, 0.717) is 5.75 Å². The van der Waals surface area contributed by atoms with Crippen molar-refractivity contribution in [1.82, 2.24) is 5.43 Å². The van der Waals surface area contributed by atoms with Gasteiger partial charge in [0.15, 0.2) is 0 Å². The Bertz CT molecular complexity index is 134. The molecule has 0 aliphatic carbocycles. The maximum absolute atomic E-state index is 10.00. The van der Waals surface area contributed by atoms with Gasteiger partial charge in [-0.2, -0.15) is 17.7 Å². The number of carbonyl (C=O) groups is 1. The fourth-order valence-electron chi connectivity index (χ4n) is 0.186. The topological polar surface area (TPSA) is 67.5 Å². The third-order valence-corrected chi connectivity index (χ3v) is 1.04. The zero-order valence-electron chi connectivity index (χ0n) is 5.09. The largest absolute Gasteiger partial charge is 0.350 e. The van der Waals surface area contributed by atoms with Crippen molar-refractivity contribution in [2.24, 2.45) is 10.8 Å². The summed E-state index contributed by atoms with van der Waals surface area (Å²) in [7, 11) is 0. The molecule has 0 saturated carbocycles. The van der Waals surface area contributed by atoms with Crippen LogP contribution >= 0.6 is 12.6 Å². The van der Waals surface area contributed by atoms with Crippen molar-refractivity contribution in [3.63, 3.8) is 0 Å². The number of carbonyl (C=O) groups excluding carboxylic acids is 1. The van der Waals surface area contributed by atoms with Gasteiger partial charge in [0.05, 0.1) is 0 Å². The van der Waals surface area contributed by atoms with Gasteiger partial charge in [0.2, 0.25) is 0 Å². The molecule has 9 heavy (non-hydrogen) atoms. The minimum absolute atomic E-state index is 0.514. The highest BCUT2D eigenvalue weighted by atomic mass is 32.1. The average Bonchev–Trinajstić information content (AvgIpc) is 1.83. The fraction of sp³-hybridized carbons (Fsp3) is 0.500. The van der Waals surface area contributed by atoms with Crippen LogP contribution in [0.15, 0.2) is 5.10 Å². The van der Waals surface area contributed by atoms with Gasteiger partial charge in [-0.3, -0.25) is 0 Å². The van der Waals surface area contributed by atoms with Crippen LogP contribution < -0.4 is 11.2 Å². The third-order valence-electron chi connectivity index (χ3n) is 0.586. The Morgan fingerprint density at radius 1 is 1.89 bits per heavy atom. The van der Waals surface area contributed by atoms with E-state index in [-0.39, 0.29) is 0 Å². The summed E-state index contributed by atoms with van der Waals surface area (Å²) >= 11 is 3.90. The van der Waals surface area contributed by atoms with E-state index < -0.39 is 6.03 Å². The maximum atomic E-state index is 10.00. The lowest BCUT2D eigenvalue weighted by Gasteiger charge is -1.93. The Morgan fingerprint density at radius 3 is 2.78 bits per heavy atom. The molecule has 3 N–H and O–H groups in total. The van der Waals surface area contributed by atoms with E-state index in [4.69, 9.17) is 5.73 Å². The van der Waals surface area contributed by atoms with Crippen molar-refractivity contribution < 1.29 is 4.79 Å². The number of nitrogens with two attached hydrogens (primary N) is 1. The van der Waals surface area contributed by atoms with Gasteiger partial charge in [-0.1, -0.05) is 0 Å². The zero-order valence-corrected chi connectivity index (χ0v) is 5.98. The molecule has 0 heterocycles. The molecule has 0 radical (unpaired) electrons. The number of amides is 2. The van der Waals surface area contributed by atoms with Gasteiger partial charge in [-0.15, -0.1) is 0 Å². The summed E-state index contributed by atoms with van der Waals surface area (Å²) in [5, 5.41) is 3.56. The van der Waals surface area contributed by atoms with Crippen LogP contribution in [0.4, 0.5) is 4.79 Å². The molecule has 0 aromatic carbocycles. The van der Waals surface area contributed by atoms with Crippen LogP contribution in [0.2, 0.25) is 0 Å². The summed E-state index contributed by atoms with van der Waals surface area (Å²) < 4.78 is 0. The highest BCUT2D eigenvalue weighted by Crippen LogP contribution is 1.77. The van der Waals surface area contributed by atoms with E-state index in [1.165, 1.54) is 0 Å². The number of urea groups is 1. The molecule has 0 rings (SSSR count). The molecule has 0 aliphatic heterocycles. The van der Waals surface area contributed by atoms with Gasteiger partial charge in [0.25, 0.3) is 0 Å². The molecular weight excluding hydrogens is 138 g/mol. The van der Waals surface area contributed by atoms with Crippen molar-refractivity contribution in [3.8, 4) is 0 Å². The molecule has 0 unspecified atom stereocenters. The number of thiol groups is 1. The highest BCUT2D eigenvalue weighted by molar-refractivity contribution is 7.81. The highest BCUT2D eigenvalue weighted by Gasteiger charge is 1.87. The van der Waals surface area contributed by atoms with Gasteiger partial charge < -0.3 is 5.73 Å². The van der Waals surface area contributed by atoms with Crippen LogP contribution in [-0.2, 0) is 0 Å². The van der Waals surface area contributed by atoms with Crippen LogP contribution in [0, 0.1) is 0 Å². The minimum atomic E-state index is -0.656. The second-order valence-electron chi connectivity index (χ2n) is 1.48. The first-order valence-corrected chi connectivity index (χ1v) is 2.99. The average molecular weight is 147 g/mol. The molecule has 0 saturated heterocycles. The van der Waals surface area contributed by atoms with Crippen LogP contribution in [0.25, 0.3) is 0 Å². The third kappa shape index (κ3) is 5.16. The number of hydrazone groups is 1. The quantitative estimate of drug-likeness (QED) is 0.286. The lowest BCUT2D eigenvalue weighted by atomic mass is 10.5. The van der Waals surface area contributed by atoms with Crippen molar-refractivity contribution in [2.45, 2.75) is 6.92 Å². The second-order valence-corrected chi connectivity index (χ2v) is 1.80. The van der Waals surface area contributed by atoms with Crippen LogP contribution in [0.1, 0.15) is 6.92 Å². The Labute approximate surface area is 58.9 Å². The van der Waals surface area contributed by atoms with Gasteiger partial charge in [-0.25, -0.2) is 10.2 Å². The summed E-state index contributed by atoms with van der Waals surface area (Å²) in [6.07, 6.45) is 0. The van der Waals surface area contributed by atoms with E-state index in [9.17, 15) is 4.79 Å². The zero-order chi connectivity index (χ0) is 7.28. The molecule has 0 aromatic heterocycles. The van der Waals surface area contributed by atoms with E-state index in [1.807, 2.05) is 0 Å². The Balaban J connectivity index is 3.56. The van der Waals surface area contributed by atoms with E-state index in [1.54, 1.807) is 6.92 Å². The van der Waals surface area contributed by atoms with Crippen LogP contribution in [0.5, 0.6) is 0 Å². The lowest BCUT2D eigenvalue weighted by molar-refractivity contribution is 0.249. The SMILES string of the molecule is C/C(CS)=N\NC(N)=O. The Kier molecular flexibility index (Phi) is 3.87. The summed E-state index contributed by atoms with van der Waals surface area (Å²) in [5.74, 6) is 0.514. The number of hydrogen-bond acceptors (Lipinski definition) is 3. The molecule has 0 aromatic rings. The molecule has 52 valence electrons. The minimum Gasteiger partial charge on any atom is -0.350 e. The molecular formula is C4H9N3OS. The number of nitrogens with one attached hydrogen (secondary N) is 1. The van der Waals surface area contributed by atoms with E-state index in [0.717, 1.165) is 5.71 Å². The summed E-state index contributed by atoms with van der Waals surface area (Å²) in [6.45, 7) is 1.74. The molecule has 2 amide bonds. The molecule has 0 fully saturated rings. The molecule has 5 heteroatoms. The van der Waals surface area contributed by atoms with Crippen molar-refractivity contribution in [3.05, 3.63) is 0 Å². The number of nitrogens with zero attached hydrogens (tertiary/aromatic N) is 1. The van der Waals surface area contributed by atoms with Crippen molar-refractivity contribution >= 4 is 24.4 Å². The van der Waals surface area contributed by atoms with Gasteiger partial charge in [0, 0.05) is 11.5 Å². The lowest BCUT2D eigenvalue weighted by Crippen LogP contribution is -2.25. The second kappa shape index (κ2) is 4.20. The number of hydrogen-bond donors (Lipinski definition) is 3. The van der Waals surface area contributed by atoms with E-state index in [2.05, 4.69) is 23.2 Å². The Hall–Kier alpha value is -0.710. The first-order valence-electron chi connectivity index (χ1n) is 2.36. The molecule has 0 aliphatic rings.